The Hall–Kier alpha value is -2.24. The lowest BCUT2D eigenvalue weighted by molar-refractivity contribution is 1.00. The van der Waals surface area contributed by atoms with Gasteiger partial charge in [0.15, 0.2) is 0 Å². The highest BCUT2D eigenvalue weighted by Gasteiger charge is 2.24. The van der Waals surface area contributed by atoms with Crippen LogP contribution in [0.3, 0.4) is 0 Å². The number of hydrazine groups is 1. The fourth-order valence-electron chi connectivity index (χ4n) is 2.61. The van der Waals surface area contributed by atoms with Crippen LogP contribution in [0.1, 0.15) is 5.56 Å². The Bertz CT molecular complexity index is 791. The van der Waals surface area contributed by atoms with Crippen molar-refractivity contribution in [3.63, 3.8) is 0 Å². The van der Waals surface area contributed by atoms with Crippen LogP contribution in [0.4, 0.5) is 11.4 Å². The van der Waals surface area contributed by atoms with Gasteiger partial charge in [-0.15, -0.1) is 0 Å². The third kappa shape index (κ3) is 2.11. The molecule has 1 aliphatic heterocycles. The fraction of sp³-hybridized carbons (Fsp3) is 0.0625. The van der Waals surface area contributed by atoms with Crippen LogP contribution in [0.2, 0.25) is 0 Å². The minimum Gasteiger partial charge on any atom is -0.293 e. The van der Waals surface area contributed by atoms with Crippen molar-refractivity contribution in [3.8, 4) is 0 Å². The molecule has 3 aromatic rings. The first-order chi connectivity index (χ1) is 10.3. The van der Waals surface area contributed by atoms with E-state index in [-0.39, 0.29) is 0 Å². The van der Waals surface area contributed by atoms with Crippen LogP contribution >= 0.6 is 12.1 Å². The molecule has 0 spiro atoms. The predicted octanol–water partition coefficient (Wildman–Crippen LogP) is 3.50. The maximum atomic E-state index is 6.25. The van der Waals surface area contributed by atoms with Crippen molar-refractivity contribution in [2.24, 2.45) is 5.84 Å². The highest BCUT2D eigenvalue weighted by atomic mass is 32.2. The van der Waals surface area contributed by atoms with Gasteiger partial charge in [0.1, 0.15) is 0 Å². The van der Waals surface area contributed by atoms with Gasteiger partial charge in [-0.05, 0) is 18.2 Å². The van der Waals surface area contributed by atoms with Crippen LogP contribution in [0.15, 0.2) is 60.8 Å². The van der Waals surface area contributed by atoms with Crippen LogP contribution in [0, 0.1) is 0 Å². The summed E-state index contributed by atoms with van der Waals surface area (Å²) in [4.78, 5) is 4.49. The van der Waals surface area contributed by atoms with E-state index in [9.17, 15) is 0 Å². The van der Waals surface area contributed by atoms with Gasteiger partial charge in [0, 0.05) is 22.8 Å². The quantitative estimate of drug-likeness (QED) is 0.550. The average molecular weight is 294 g/mol. The second-order valence-electron chi connectivity index (χ2n) is 4.93. The van der Waals surface area contributed by atoms with Crippen LogP contribution in [0.5, 0.6) is 0 Å². The molecule has 0 aliphatic carbocycles. The normalized spacial score (nSPS) is 14.3. The second-order valence-corrected chi connectivity index (χ2v) is 5.93. The number of fused-ring (bicyclic) bond motifs is 3. The third-order valence-corrected chi connectivity index (χ3v) is 4.49. The molecule has 4 nitrogen and oxygen atoms in total. The van der Waals surface area contributed by atoms with E-state index >= 15 is 0 Å². The maximum absolute atomic E-state index is 6.25. The Labute approximate surface area is 127 Å². The van der Waals surface area contributed by atoms with Crippen molar-refractivity contribution in [2.75, 3.05) is 8.72 Å². The monoisotopic (exact) mass is 294 g/mol. The molecule has 0 saturated heterocycles. The smallest absolute Gasteiger partial charge is 0.0975 e. The molecule has 0 saturated carbocycles. The first-order valence-electron chi connectivity index (χ1n) is 6.75. The molecule has 0 amide bonds. The lowest BCUT2D eigenvalue weighted by atomic mass is 10.1. The number of anilines is 2. The Balaban J connectivity index is 1.81. The number of aromatic nitrogens is 1. The van der Waals surface area contributed by atoms with E-state index in [1.807, 2.05) is 30.5 Å². The summed E-state index contributed by atoms with van der Waals surface area (Å²) in [7, 11) is 0. The summed E-state index contributed by atoms with van der Waals surface area (Å²) in [5, 5.41) is 1.11. The number of hydrogen-bond acceptors (Lipinski definition) is 5. The molecule has 2 heterocycles. The van der Waals surface area contributed by atoms with E-state index in [1.165, 1.54) is 17.7 Å². The van der Waals surface area contributed by atoms with Gasteiger partial charge < -0.3 is 0 Å². The first kappa shape index (κ1) is 12.5. The number of pyridine rings is 1. The van der Waals surface area contributed by atoms with E-state index in [1.54, 1.807) is 4.41 Å². The Morgan fingerprint density at radius 1 is 1.00 bits per heavy atom. The van der Waals surface area contributed by atoms with Gasteiger partial charge in [-0.1, -0.05) is 36.4 Å². The van der Waals surface area contributed by atoms with Crippen molar-refractivity contribution in [2.45, 2.75) is 6.54 Å². The van der Waals surface area contributed by atoms with Gasteiger partial charge in [-0.3, -0.25) is 9.29 Å². The zero-order chi connectivity index (χ0) is 14.2. The molecule has 0 bridgehead atoms. The van der Waals surface area contributed by atoms with Crippen LogP contribution in [-0.2, 0) is 6.54 Å². The summed E-state index contributed by atoms with van der Waals surface area (Å²) in [5.74, 6) is 6.25. The van der Waals surface area contributed by atoms with Crippen molar-refractivity contribution in [1.29, 1.82) is 0 Å². The van der Waals surface area contributed by atoms with Crippen molar-refractivity contribution >= 4 is 34.4 Å². The number of nitrogens with two attached hydrogens (primary N) is 1. The molecular formula is C16H14N4S. The largest absolute Gasteiger partial charge is 0.293 e. The molecule has 0 unspecified atom stereocenters. The van der Waals surface area contributed by atoms with E-state index in [4.69, 9.17) is 5.84 Å². The average Bonchev–Trinajstić information content (AvgIpc) is 2.55. The summed E-state index contributed by atoms with van der Waals surface area (Å²) in [5.41, 5.74) is 4.29. The zero-order valence-electron chi connectivity index (χ0n) is 11.3. The fourth-order valence-corrected chi connectivity index (χ4v) is 3.52. The van der Waals surface area contributed by atoms with E-state index in [2.05, 4.69) is 39.6 Å². The summed E-state index contributed by atoms with van der Waals surface area (Å²) >= 11 is 1.50. The van der Waals surface area contributed by atoms with Crippen molar-refractivity contribution < 1.29 is 0 Å². The van der Waals surface area contributed by atoms with E-state index in [0.29, 0.717) is 0 Å². The number of rotatable bonds is 1. The molecule has 1 aliphatic rings. The molecule has 104 valence electrons. The summed E-state index contributed by atoms with van der Waals surface area (Å²) in [6, 6.07) is 18.5. The van der Waals surface area contributed by atoms with Crippen molar-refractivity contribution in [1.82, 2.24) is 4.98 Å². The van der Waals surface area contributed by atoms with Crippen LogP contribution in [0.25, 0.3) is 10.9 Å². The van der Waals surface area contributed by atoms with Gasteiger partial charge in [-0.2, -0.15) is 0 Å². The van der Waals surface area contributed by atoms with Crippen LogP contribution in [-0.4, -0.2) is 4.98 Å². The summed E-state index contributed by atoms with van der Waals surface area (Å²) in [6.45, 7) is 0.810. The van der Waals surface area contributed by atoms with Gasteiger partial charge in [-0.25, -0.2) is 10.3 Å². The standard InChI is InChI=1S/C16H14N4S/c17-20-16-13(9-8-12-5-4-10-18-15(12)16)11-19(21-20)14-6-2-1-3-7-14/h1-10H,11,17H2. The molecule has 1 aromatic heterocycles. The molecule has 2 N–H and O–H groups in total. The van der Waals surface area contributed by atoms with Crippen LogP contribution < -0.4 is 14.6 Å². The Morgan fingerprint density at radius 3 is 2.71 bits per heavy atom. The second kappa shape index (κ2) is 4.95. The number of nitrogens with zero attached hydrogens (tertiary/aromatic N) is 3. The van der Waals surface area contributed by atoms with Gasteiger partial charge in [0.05, 0.1) is 29.9 Å². The molecule has 2 aromatic carbocycles. The van der Waals surface area contributed by atoms with E-state index < -0.39 is 0 Å². The molecule has 0 fully saturated rings. The van der Waals surface area contributed by atoms with Gasteiger partial charge >= 0.3 is 0 Å². The maximum Gasteiger partial charge on any atom is 0.0975 e. The number of para-hydroxylation sites is 1. The lowest BCUT2D eigenvalue weighted by Crippen LogP contribution is -2.35. The highest BCUT2D eigenvalue weighted by Crippen LogP contribution is 2.40. The van der Waals surface area contributed by atoms with E-state index in [0.717, 1.165) is 28.8 Å². The first-order valence-corrected chi connectivity index (χ1v) is 7.48. The summed E-state index contributed by atoms with van der Waals surface area (Å²) in [6.07, 6.45) is 1.81. The number of benzene rings is 2. The third-order valence-electron chi connectivity index (χ3n) is 3.60. The summed E-state index contributed by atoms with van der Waals surface area (Å²) < 4.78 is 3.89. The van der Waals surface area contributed by atoms with Gasteiger partial charge in [0.2, 0.25) is 0 Å². The molecule has 0 atom stereocenters. The topological polar surface area (TPSA) is 45.4 Å². The molecule has 5 heteroatoms. The Kier molecular flexibility index (Phi) is 2.94. The molecular weight excluding hydrogens is 280 g/mol. The SMILES string of the molecule is NN1SN(c2ccccc2)Cc2ccc3cccnc3c21. The zero-order valence-corrected chi connectivity index (χ0v) is 12.1. The lowest BCUT2D eigenvalue weighted by Gasteiger charge is -2.35. The van der Waals surface area contributed by atoms with Gasteiger partial charge in [0.25, 0.3) is 0 Å². The minimum absolute atomic E-state index is 0.810. The number of hydrogen-bond donors (Lipinski definition) is 1. The van der Waals surface area contributed by atoms with Crippen molar-refractivity contribution in [3.05, 3.63) is 66.4 Å². The molecule has 21 heavy (non-hydrogen) atoms. The Morgan fingerprint density at radius 2 is 1.86 bits per heavy atom. The minimum atomic E-state index is 0.810. The predicted molar refractivity (Wildman–Crippen MR) is 88.6 cm³/mol. The molecule has 0 radical (unpaired) electrons. The highest BCUT2D eigenvalue weighted by molar-refractivity contribution is 8.01. The molecule has 4 rings (SSSR count).